The molecule has 0 spiro atoms. The van der Waals surface area contributed by atoms with Gasteiger partial charge < -0.3 is 5.32 Å². The van der Waals surface area contributed by atoms with Gasteiger partial charge in [-0.2, -0.15) is 0 Å². The van der Waals surface area contributed by atoms with Gasteiger partial charge in [0.05, 0.1) is 0 Å². The molecule has 1 nitrogen and oxygen atoms in total. The van der Waals surface area contributed by atoms with Crippen LogP contribution in [0.5, 0.6) is 0 Å². The van der Waals surface area contributed by atoms with Crippen molar-refractivity contribution in [2.75, 3.05) is 13.1 Å². The maximum Gasteiger partial charge on any atom is 0.00822 e. The Morgan fingerprint density at radius 3 is 2.78 bits per heavy atom. The van der Waals surface area contributed by atoms with E-state index in [9.17, 15) is 0 Å². The van der Waals surface area contributed by atoms with Crippen molar-refractivity contribution in [2.24, 2.45) is 5.92 Å². The molecule has 0 saturated heterocycles. The highest BCUT2D eigenvalue weighted by molar-refractivity contribution is 7.12. The van der Waals surface area contributed by atoms with Gasteiger partial charge in [-0.05, 0) is 63.2 Å². The highest BCUT2D eigenvalue weighted by Crippen LogP contribution is 2.39. The molecule has 1 saturated carbocycles. The molecule has 0 amide bonds. The summed E-state index contributed by atoms with van der Waals surface area (Å²) < 4.78 is 0. The van der Waals surface area contributed by atoms with Crippen molar-refractivity contribution >= 4 is 11.3 Å². The molecular weight excluding hydrogens is 238 g/mol. The van der Waals surface area contributed by atoms with Gasteiger partial charge in [-0.15, -0.1) is 11.3 Å². The van der Waals surface area contributed by atoms with Crippen molar-refractivity contribution in [1.29, 1.82) is 0 Å². The quantitative estimate of drug-likeness (QED) is 0.600. The van der Waals surface area contributed by atoms with E-state index in [0.717, 1.165) is 11.8 Å². The number of hydrogen-bond donors (Lipinski definition) is 1. The summed E-state index contributed by atoms with van der Waals surface area (Å²) in [6, 6.07) is 4.67. The first-order valence-corrected chi connectivity index (χ1v) is 8.40. The molecule has 1 aromatic heterocycles. The summed E-state index contributed by atoms with van der Waals surface area (Å²) in [5.41, 5.74) is 0. The molecule has 0 radical (unpaired) electrons. The average molecular weight is 265 g/mol. The highest BCUT2D eigenvalue weighted by atomic mass is 32.1. The summed E-state index contributed by atoms with van der Waals surface area (Å²) in [7, 11) is 0. The van der Waals surface area contributed by atoms with E-state index in [1.165, 1.54) is 56.5 Å². The summed E-state index contributed by atoms with van der Waals surface area (Å²) in [6.07, 6.45) is 8.35. The molecule has 1 aliphatic carbocycles. The Kier molecular flexibility index (Phi) is 5.71. The lowest BCUT2D eigenvalue weighted by Gasteiger charge is -2.24. The minimum atomic E-state index is 0.815. The standard InChI is InChI=1S/C16H27NS/c1-3-11-17-12-14-7-5-4-6-8-15(14)16-10-9-13(2)18-16/h9-10,14-15,17H,3-8,11-12H2,1-2H3. The van der Waals surface area contributed by atoms with Gasteiger partial charge in [0, 0.05) is 9.75 Å². The van der Waals surface area contributed by atoms with Crippen LogP contribution in [0.3, 0.4) is 0 Å². The largest absolute Gasteiger partial charge is 0.316 e. The zero-order chi connectivity index (χ0) is 12.8. The van der Waals surface area contributed by atoms with Crippen molar-refractivity contribution in [1.82, 2.24) is 5.32 Å². The Morgan fingerprint density at radius 1 is 1.22 bits per heavy atom. The Hall–Kier alpha value is -0.340. The Labute approximate surface area is 116 Å². The Balaban J connectivity index is 2.01. The number of thiophene rings is 1. The van der Waals surface area contributed by atoms with E-state index in [1.807, 2.05) is 11.3 Å². The van der Waals surface area contributed by atoms with Crippen molar-refractivity contribution in [3.05, 3.63) is 21.9 Å². The lowest BCUT2D eigenvalue weighted by Crippen LogP contribution is -2.27. The van der Waals surface area contributed by atoms with Crippen LogP contribution in [-0.2, 0) is 0 Å². The van der Waals surface area contributed by atoms with Gasteiger partial charge in [0.2, 0.25) is 0 Å². The maximum atomic E-state index is 3.64. The molecule has 0 aliphatic heterocycles. The number of rotatable bonds is 5. The molecule has 1 N–H and O–H groups in total. The van der Waals surface area contributed by atoms with Crippen LogP contribution in [0.1, 0.15) is 61.1 Å². The van der Waals surface area contributed by atoms with E-state index in [-0.39, 0.29) is 0 Å². The fourth-order valence-corrected chi connectivity index (χ4v) is 4.23. The van der Waals surface area contributed by atoms with Gasteiger partial charge in [0.25, 0.3) is 0 Å². The van der Waals surface area contributed by atoms with Crippen LogP contribution in [0.4, 0.5) is 0 Å². The van der Waals surface area contributed by atoms with Gasteiger partial charge in [-0.25, -0.2) is 0 Å². The summed E-state index contributed by atoms with van der Waals surface area (Å²) in [5, 5.41) is 3.64. The zero-order valence-corrected chi connectivity index (χ0v) is 12.7. The third-order valence-corrected chi connectivity index (χ3v) is 5.25. The second-order valence-electron chi connectivity index (χ2n) is 5.66. The third kappa shape index (κ3) is 3.83. The normalized spacial score (nSPS) is 25.0. The number of nitrogens with one attached hydrogen (secondary N) is 1. The monoisotopic (exact) mass is 265 g/mol. The second-order valence-corrected chi connectivity index (χ2v) is 6.98. The van der Waals surface area contributed by atoms with Gasteiger partial charge in [-0.1, -0.05) is 26.2 Å². The molecule has 2 atom stereocenters. The van der Waals surface area contributed by atoms with E-state index >= 15 is 0 Å². The van der Waals surface area contributed by atoms with Gasteiger partial charge in [0.1, 0.15) is 0 Å². The molecule has 2 unspecified atom stereocenters. The highest BCUT2D eigenvalue weighted by Gasteiger charge is 2.25. The molecule has 1 aromatic rings. The van der Waals surface area contributed by atoms with Crippen LogP contribution in [0.2, 0.25) is 0 Å². The van der Waals surface area contributed by atoms with Crippen molar-refractivity contribution < 1.29 is 0 Å². The third-order valence-electron chi connectivity index (χ3n) is 4.12. The molecule has 1 heterocycles. The zero-order valence-electron chi connectivity index (χ0n) is 11.9. The van der Waals surface area contributed by atoms with Crippen LogP contribution < -0.4 is 5.32 Å². The minimum Gasteiger partial charge on any atom is -0.316 e. The van der Waals surface area contributed by atoms with Crippen molar-refractivity contribution in [2.45, 2.75) is 58.3 Å². The molecule has 0 bridgehead atoms. The lowest BCUT2D eigenvalue weighted by molar-refractivity contribution is 0.379. The van der Waals surface area contributed by atoms with Crippen LogP contribution >= 0.6 is 11.3 Å². The van der Waals surface area contributed by atoms with E-state index < -0.39 is 0 Å². The molecule has 0 aromatic carbocycles. The van der Waals surface area contributed by atoms with E-state index in [0.29, 0.717) is 0 Å². The fraction of sp³-hybridized carbons (Fsp3) is 0.750. The summed E-state index contributed by atoms with van der Waals surface area (Å²) in [5.74, 6) is 1.67. The molecule has 1 fully saturated rings. The predicted molar refractivity (Wildman–Crippen MR) is 81.5 cm³/mol. The number of hydrogen-bond acceptors (Lipinski definition) is 2. The van der Waals surface area contributed by atoms with E-state index in [4.69, 9.17) is 0 Å². The molecule has 18 heavy (non-hydrogen) atoms. The minimum absolute atomic E-state index is 0.815. The van der Waals surface area contributed by atoms with Crippen LogP contribution in [0.25, 0.3) is 0 Å². The topological polar surface area (TPSA) is 12.0 Å². The van der Waals surface area contributed by atoms with E-state index in [2.05, 4.69) is 31.3 Å². The lowest BCUT2D eigenvalue weighted by atomic mass is 9.86. The summed E-state index contributed by atoms with van der Waals surface area (Å²) in [4.78, 5) is 3.10. The number of aryl methyl sites for hydroxylation is 1. The summed E-state index contributed by atoms with van der Waals surface area (Å²) >= 11 is 2.02. The first kappa shape index (κ1) is 14.1. The molecule has 102 valence electrons. The molecule has 1 aliphatic rings. The smallest absolute Gasteiger partial charge is 0.00822 e. The van der Waals surface area contributed by atoms with Crippen molar-refractivity contribution in [3.8, 4) is 0 Å². The first-order valence-electron chi connectivity index (χ1n) is 7.58. The SMILES string of the molecule is CCCNCC1CCCCCC1c1ccc(C)s1. The van der Waals surface area contributed by atoms with Crippen LogP contribution in [0.15, 0.2) is 12.1 Å². The fourth-order valence-electron chi connectivity index (χ4n) is 3.12. The Morgan fingerprint density at radius 2 is 2.06 bits per heavy atom. The van der Waals surface area contributed by atoms with Gasteiger partial charge in [-0.3, -0.25) is 0 Å². The first-order chi connectivity index (χ1) is 8.81. The molecule has 2 heteroatoms. The van der Waals surface area contributed by atoms with E-state index in [1.54, 1.807) is 4.88 Å². The van der Waals surface area contributed by atoms with Crippen LogP contribution in [-0.4, -0.2) is 13.1 Å². The predicted octanol–water partition coefficient (Wildman–Crippen LogP) is 4.72. The molecule has 2 rings (SSSR count). The second kappa shape index (κ2) is 7.30. The van der Waals surface area contributed by atoms with Crippen LogP contribution in [0, 0.1) is 12.8 Å². The van der Waals surface area contributed by atoms with Gasteiger partial charge >= 0.3 is 0 Å². The van der Waals surface area contributed by atoms with Crippen molar-refractivity contribution in [3.63, 3.8) is 0 Å². The Bertz CT molecular complexity index is 345. The maximum absolute atomic E-state index is 3.64. The summed E-state index contributed by atoms with van der Waals surface area (Å²) in [6.45, 7) is 6.87. The van der Waals surface area contributed by atoms with Gasteiger partial charge in [0.15, 0.2) is 0 Å². The molecular formula is C16H27NS. The average Bonchev–Trinajstić information content (AvgIpc) is 2.65.